The summed E-state index contributed by atoms with van der Waals surface area (Å²) >= 11 is 0. The molecule has 1 fully saturated rings. The predicted molar refractivity (Wildman–Crippen MR) is 107 cm³/mol. The molecule has 1 saturated heterocycles. The fourth-order valence-corrected chi connectivity index (χ4v) is 3.85. The number of carbonyl (C=O) groups excluding carboxylic acids is 1. The van der Waals surface area contributed by atoms with Crippen molar-refractivity contribution in [2.24, 2.45) is 7.05 Å². The highest BCUT2D eigenvalue weighted by molar-refractivity contribution is 5.86. The second-order valence-electron chi connectivity index (χ2n) is 7.17. The number of imidazole rings is 1. The Kier molecular flexibility index (Phi) is 4.74. The molecule has 1 N–H and O–H groups in total. The normalized spacial score (nSPS) is 16.9. The summed E-state index contributed by atoms with van der Waals surface area (Å²) in [5.41, 5.74) is 3.58. The molecular weight excluding hydrogens is 356 g/mol. The van der Waals surface area contributed by atoms with Crippen molar-refractivity contribution in [3.63, 3.8) is 0 Å². The number of aromatic nitrogens is 6. The molecule has 9 nitrogen and oxygen atoms in total. The van der Waals surface area contributed by atoms with Crippen LogP contribution in [0, 0.1) is 6.92 Å². The smallest absolute Gasteiger partial charge is 0.222 e. The molecule has 1 atom stereocenters. The Bertz CT molecular complexity index is 1020. The molecule has 1 aliphatic heterocycles. The van der Waals surface area contributed by atoms with Gasteiger partial charge >= 0.3 is 0 Å². The molecule has 9 heteroatoms. The number of anilines is 1. The van der Waals surface area contributed by atoms with Gasteiger partial charge in [0.2, 0.25) is 5.91 Å². The summed E-state index contributed by atoms with van der Waals surface area (Å²) in [6.07, 6.45) is 4.85. The van der Waals surface area contributed by atoms with Gasteiger partial charge in [0.1, 0.15) is 12.2 Å². The van der Waals surface area contributed by atoms with Gasteiger partial charge in [-0.3, -0.25) is 9.48 Å². The fourth-order valence-electron chi connectivity index (χ4n) is 3.85. The van der Waals surface area contributed by atoms with Crippen molar-refractivity contribution in [1.82, 2.24) is 34.2 Å². The zero-order valence-electron chi connectivity index (χ0n) is 16.8. The number of hydrogen-bond donors (Lipinski definition) is 1. The van der Waals surface area contributed by atoms with Crippen molar-refractivity contribution in [3.05, 3.63) is 18.2 Å². The van der Waals surface area contributed by atoms with Gasteiger partial charge in [-0.1, -0.05) is 6.92 Å². The van der Waals surface area contributed by atoms with Crippen molar-refractivity contribution >= 4 is 22.9 Å². The lowest BCUT2D eigenvalue weighted by Crippen LogP contribution is -2.31. The first-order valence-corrected chi connectivity index (χ1v) is 9.78. The molecule has 4 heterocycles. The number of rotatable bonds is 5. The third-order valence-electron chi connectivity index (χ3n) is 5.48. The van der Waals surface area contributed by atoms with Gasteiger partial charge in [0.25, 0.3) is 0 Å². The largest absolute Gasteiger partial charge is 0.364 e. The zero-order chi connectivity index (χ0) is 19.8. The summed E-state index contributed by atoms with van der Waals surface area (Å²) in [6, 6.07) is 0.170. The number of amides is 1. The summed E-state index contributed by atoms with van der Waals surface area (Å²) in [6.45, 7) is 8.31. The average Bonchev–Trinajstić information content (AvgIpc) is 3.40. The van der Waals surface area contributed by atoms with Crippen LogP contribution in [-0.2, 0) is 18.4 Å². The van der Waals surface area contributed by atoms with Crippen LogP contribution < -0.4 is 5.32 Å². The van der Waals surface area contributed by atoms with E-state index in [1.807, 2.05) is 41.2 Å². The van der Waals surface area contributed by atoms with Gasteiger partial charge in [0, 0.05) is 44.8 Å². The molecule has 0 bridgehead atoms. The van der Waals surface area contributed by atoms with Crippen molar-refractivity contribution in [1.29, 1.82) is 0 Å². The van der Waals surface area contributed by atoms with Crippen LogP contribution in [0.5, 0.6) is 0 Å². The molecule has 0 aromatic carbocycles. The number of carbonyl (C=O) groups is 1. The van der Waals surface area contributed by atoms with Crippen LogP contribution in [0.25, 0.3) is 22.6 Å². The Labute approximate surface area is 163 Å². The van der Waals surface area contributed by atoms with E-state index in [9.17, 15) is 4.79 Å². The summed E-state index contributed by atoms with van der Waals surface area (Å²) in [7, 11) is 1.96. The van der Waals surface area contributed by atoms with Gasteiger partial charge in [-0.15, -0.1) is 0 Å². The topological polar surface area (TPSA) is 93.8 Å². The second-order valence-corrected chi connectivity index (χ2v) is 7.17. The van der Waals surface area contributed by atoms with E-state index >= 15 is 0 Å². The maximum absolute atomic E-state index is 11.9. The lowest BCUT2D eigenvalue weighted by atomic mass is 10.2. The Hall–Kier alpha value is -2.97. The Morgan fingerprint density at radius 3 is 2.86 bits per heavy atom. The number of nitrogens with zero attached hydrogens (tertiary/aromatic N) is 7. The molecule has 148 valence electrons. The Balaban J connectivity index is 1.66. The summed E-state index contributed by atoms with van der Waals surface area (Å²) in [5, 5.41) is 7.91. The molecule has 4 rings (SSSR count). The van der Waals surface area contributed by atoms with Crippen LogP contribution in [0.4, 0.5) is 5.82 Å². The van der Waals surface area contributed by atoms with Gasteiger partial charge in [-0.2, -0.15) is 5.10 Å². The molecule has 1 amide bonds. The quantitative estimate of drug-likeness (QED) is 0.725. The van der Waals surface area contributed by atoms with E-state index in [0.717, 1.165) is 47.8 Å². The average molecular weight is 382 g/mol. The Morgan fingerprint density at radius 1 is 1.32 bits per heavy atom. The van der Waals surface area contributed by atoms with Gasteiger partial charge in [0.05, 0.1) is 11.8 Å². The minimum atomic E-state index is 0.170. The third-order valence-corrected chi connectivity index (χ3v) is 5.48. The standard InChI is InChI=1S/C19H26N8O/c1-5-15(28)26-8-7-13(10-26)23-17-16-19(21-11-20-17)25(4)18(24-16)14-9-22-27(6-2)12(14)3/h9,11,13H,5-8,10H2,1-4H3,(H,20,21,23)/t13-/m1/s1. The van der Waals surface area contributed by atoms with Gasteiger partial charge < -0.3 is 14.8 Å². The minimum absolute atomic E-state index is 0.170. The van der Waals surface area contributed by atoms with Crippen LogP contribution in [0.2, 0.25) is 0 Å². The monoisotopic (exact) mass is 382 g/mol. The molecule has 1 aliphatic rings. The van der Waals surface area contributed by atoms with Crippen LogP contribution in [0.1, 0.15) is 32.4 Å². The number of aryl methyl sites for hydroxylation is 2. The molecular formula is C19H26N8O. The molecule has 3 aromatic rings. The first kappa shape index (κ1) is 18.4. The molecule has 0 aliphatic carbocycles. The van der Waals surface area contributed by atoms with E-state index in [0.29, 0.717) is 18.8 Å². The molecule has 28 heavy (non-hydrogen) atoms. The third kappa shape index (κ3) is 3.00. The summed E-state index contributed by atoms with van der Waals surface area (Å²) in [4.78, 5) is 27.5. The maximum atomic E-state index is 11.9. The van der Waals surface area contributed by atoms with Crippen molar-refractivity contribution in [2.45, 2.75) is 46.2 Å². The molecule has 0 unspecified atom stereocenters. The molecule has 0 saturated carbocycles. The highest BCUT2D eigenvalue weighted by atomic mass is 16.2. The highest BCUT2D eigenvalue weighted by Gasteiger charge is 2.27. The second kappa shape index (κ2) is 7.21. The van der Waals surface area contributed by atoms with E-state index in [1.165, 1.54) is 0 Å². The predicted octanol–water partition coefficient (Wildman–Crippen LogP) is 1.98. The summed E-state index contributed by atoms with van der Waals surface area (Å²) < 4.78 is 3.94. The van der Waals surface area contributed by atoms with Crippen LogP contribution in [0.3, 0.4) is 0 Å². The van der Waals surface area contributed by atoms with Crippen LogP contribution in [-0.4, -0.2) is 59.2 Å². The SMILES string of the molecule is CCC(=O)N1CC[C@@H](Nc2ncnc3c2nc(-c2cnn(CC)c2C)n3C)C1. The number of hydrogen-bond acceptors (Lipinski definition) is 6. The maximum Gasteiger partial charge on any atom is 0.222 e. The van der Waals surface area contributed by atoms with Crippen molar-refractivity contribution in [3.8, 4) is 11.4 Å². The fraction of sp³-hybridized carbons (Fsp3) is 0.526. The van der Waals surface area contributed by atoms with Gasteiger partial charge in [0.15, 0.2) is 17.0 Å². The van der Waals surface area contributed by atoms with Gasteiger partial charge in [-0.25, -0.2) is 15.0 Å². The van der Waals surface area contributed by atoms with E-state index in [4.69, 9.17) is 4.98 Å². The number of fused-ring (bicyclic) bond motifs is 1. The molecule has 0 radical (unpaired) electrons. The highest BCUT2D eigenvalue weighted by Crippen LogP contribution is 2.28. The number of nitrogens with one attached hydrogen (secondary N) is 1. The Morgan fingerprint density at radius 2 is 2.14 bits per heavy atom. The van der Waals surface area contributed by atoms with Crippen molar-refractivity contribution in [2.75, 3.05) is 18.4 Å². The zero-order valence-corrected chi connectivity index (χ0v) is 16.8. The lowest BCUT2D eigenvalue weighted by Gasteiger charge is -2.16. The van der Waals surface area contributed by atoms with Crippen LogP contribution in [0.15, 0.2) is 12.5 Å². The van der Waals surface area contributed by atoms with E-state index in [-0.39, 0.29) is 11.9 Å². The molecule has 0 spiro atoms. The van der Waals surface area contributed by atoms with Crippen LogP contribution >= 0.6 is 0 Å². The minimum Gasteiger partial charge on any atom is -0.364 e. The van der Waals surface area contributed by atoms with Crippen molar-refractivity contribution < 1.29 is 4.79 Å². The van der Waals surface area contributed by atoms with E-state index < -0.39 is 0 Å². The first-order chi connectivity index (χ1) is 13.5. The van der Waals surface area contributed by atoms with Gasteiger partial charge in [-0.05, 0) is 20.3 Å². The van der Waals surface area contributed by atoms with E-state index in [2.05, 4.69) is 27.3 Å². The lowest BCUT2D eigenvalue weighted by molar-refractivity contribution is -0.129. The molecule has 3 aromatic heterocycles. The first-order valence-electron chi connectivity index (χ1n) is 9.78. The number of likely N-dealkylation sites (tertiary alicyclic amines) is 1. The van der Waals surface area contributed by atoms with E-state index in [1.54, 1.807) is 6.33 Å². The summed E-state index contributed by atoms with van der Waals surface area (Å²) in [5.74, 6) is 1.73.